The van der Waals surface area contributed by atoms with Gasteiger partial charge >= 0.3 is 0 Å². The predicted molar refractivity (Wildman–Crippen MR) is 57.8 cm³/mol. The first kappa shape index (κ1) is 10.1. The summed E-state index contributed by atoms with van der Waals surface area (Å²) in [5.41, 5.74) is 2.12. The number of aryl methyl sites for hydroxylation is 1. The molecule has 0 fully saturated rings. The molecule has 0 aliphatic heterocycles. The Hall–Kier alpha value is -1.42. The molecule has 0 aliphatic rings. The molecule has 0 saturated carbocycles. The number of rotatable bonds is 3. The number of hydrogen-bond acceptors (Lipinski definition) is 3. The summed E-state index contributed by atoms with van der Waals surface area (Å²) in [7, 11) is 1.69. The van der Waals surface area contributed by atoms with Gasteiger partial charge in [0.25, 0.3) is 0 Å². The molecule has 2 heterocycles. The Kier molecular flexibility index (Phi) is 2.68. The minimum atomic E-state index is 0.0642. The zero-order valence-corrected chi connectivity index (χ0v) is 9.27. The lowest BCUT2D eigenvalue weighted by Crippen LogP contribution is -1.99. The molecular weight excluding hydrogens is 190 g/mol. The second-order valence-corrected chi connectivity index (χ2v) is 3.56. The van der Waals surface area contributed by atoms with Gasteiger partial charge in [-0.05, 0) is 13.3 Å². The van der Waals surface area contributed by atoms with Crippen molar-refractivity contribution in [2.75, 3.05) is 7.11 Å². The van der Waals surface area contributed by atoms with Crippen LogP contribution in [0.25, 0.3) is 5.78 Å². The molecule has 0 aromatic carbocycles. The number of imidazole rings is 1. The number of methoxy groups -OCH3 is 1. The third-order valence-corrected chi connectivity index (χ3v) is 2.57. The maximum atomic E-state index is 5.24. The van der Waals surface area contributed by atoms with E-state index in [9.17, 15) is 0 Å². The van der Waals surface area contributed by atoms with Gasteiger partial charge in [-0.1, -0.05) is 6.92 Å². The fraction of sp³-hybridized carbons (Fsp3) is 0.455. The lowest BCUT2D eigenvalue weighted by molar-refractivity contribution is 0.119. The van der Waals surface area contributed by atoms with E-state index in [1.165, 1.54) is 0 Å². The predicted octanol–water partition coefficient (Wildman–Crippen LogP) is 2.00. The Morgan fingerprint density at radius 1 is 1.47 bits per heavy atom. The Balaban J connectivity index is 2.45. The van der Waals surface area contributed by atoms with Gasteiger partial charge in [-0.25, -0.2) is 9.97 Å². The van der Waals surface area contributed by atoms with Crippen molar-refractivity contribution >= 4 is 5.78 Å². The van der Waals surface area contributed by atoms with Gasteiger partial charge in [-0.15, -0.1) is 0 Å². The molecule has 0 saturated heterocycles. The quantitative estimate of drug-likeness (QED) is 0.769. The number of ether oxygens (including phenoxy) is 1. The van der Waals surface area contributed by atoms with Crippen LogP contribution in [-0.2, 0) is 11.2 Å². The van der Waals surface area contributed by atoms with Crippen molar-refractivity contribution in [1.29, 1.82) is 0 Å². The molecule has 80 valence electrons. The van der Waals surface area contributed by atoms with E-state index in [0.717, 1.165) is 23.5 Å². The van der Waals surface area contributed by atoms with Gasteiger partial charge in [0.1, 0.15) is 0 Å². The largest absolute Gasteiger partial charge is 0.377 e. The van der Waals surface area contributed by atoms with E-state index >= 15 is 0 Å². The summed E-state index contributed by atoms with van der Waals surface area (Å²) in [6.45, 7) is 4.08. The van der Waals surface area contributed by atoms with Crippen LogP contribution in [0.2, 0.25) is 0 Å². The highest BCUT2D eigenvalue weighted by molar-refractivity contribution is 5.32. The molecule has 0 N–H and O–H groups in total. The topological polar surface area (TPSA) is 39.4 Å². The van der Waals surface area contributed by atoms with Gasteiger partial charge in [-0.3, -0.25) is 4.40 Å². The van der Waals surface area contributed by atoms with E-state index in [-0.39, 0.29) is 6.10 Å². The summed E-state index contributed by atoms with van der Waals surface area (Å²) in [5, 5.41) is 0. The highest BCUT2D eigenvalue weighted by Gasteiger charge is 2.07. The summed E-state index contributed by atoms with van der Waals surface area (Å²) < 4.78 is 7.19. The number of aromatic nitrogens is 3. The third kappa shape index (κ3) is 1.85. The van der Waals surface area contributed by atoms with E-state index in [0.29, 0.717) is 0 Å². The molecule has 0 radical (unpaired) electrons. The zero-order valence-electron chi connectivity index (χ0n) is 9.27. The van der Waals surface area contributed by atoms with Crippen molar-refractivity contribution in [3.05, 3.63) is 29.8 Å². The molecule has 2 aromatic rings. The lowest BCUT2D eigenvalue weighted by atomic mass is 10.2. The van der Waals surface area contributed by atoms with Crippen molar-refractivity contribution in [1.82, 2.24) is 14.4 Å². The van der Waals surface area contributed by atoms with Gasteiger partial charge in [0.15, 0.2) is 0 Å². The Bertz CT molecular complexity index is 464. The zero-order chi connectivity index (χ0) is 10.8. The Morgan fingerprint density at radius 2 is 2.27 bits per heavy atom. The summed E-state index contributed by atoms with van der Waals surface area (Å²) in [6.07, 6.45) is 6.83. The van der Waals surface area contributed by atoms with Crippen LogP contribution >= 0.6 is 0 Å². The van der Waals surface area contributed by atoms with Crippen molar-refractivity contribution in [3.63, 3.8) is 0 Å². The van der Waals surface area contributed by atoms with Crippen LogP contribution in [0.5, 0.6) is 0 Å². The Labute approximate surface area is 88.9 Å². The minimum absolute atomic E-state index is 0.0642. The second kappa shape index (κ2) is 3.98. The molecule has 0 amide bonds. The molecule has 4 heteroatoms. The molecule has 4 nitrogen and oxygen atoms in total. The van der Waals surface area contributed by atoms with Crippen LogP contribution in [0.1, 0.15) is 31.2 Å². The van der Waals surface area contributed by atoms with Crippen LogP contribution in [0.4, 0.5) is 0 Å². The van der Waals surface area contributed by atoms with Crippen LogP contribution in [0, 0.1) is 0 Å². The van der Waals surface area contributed by atoms with Gasteiger partial charge in [0.2, 0.25) is 5.78 Å². The number of fused-ring (bicyclic) bond motifs is 1. The molecule has 2 rings (SSSR count). The van der Waals surface area contributed by atoms with Crippen molar-refractivity contribution < 1.29 is 4.74 Å². The average Bonchev–Trinajstić information content (AvgIpc) is 2.69. The minimum Gasteiger partial charge on any atom is -0.377 e. The molecule has 0 spiro atoms. The summed E-state index contributed by atoms with van der Waals surface area (Å²) in [6, 6.07) is 0. The molecule has 1 unspecified atom stereocenters. The van der Waals surface area contributed by atoms with Crippen LogP contribution in [0.15, 0.2) is 18.6 Å². The van der Waals surface area contributed by atoms with Crippen molar-refractivity contribution in [3.8, 4) is 0 Å². The molecule has 0 bridgehead atoms. The van der Waals surface area contributed by atoms with Gasteiger partial charge in [0.05, 0.1) is 11.8 Å². The maximum Gasteiger partial charge on any atom is 0.233 e. The molecule has 15 heavy (non-hydrogen) atoms. The van der Waals surface area contributed by atoms with Crippen molar-refractivity contribution in [2.45, 2.75) is 26.4 Å². The fourth-order valence-corrected chi connectivity index (χ4v) is 1.47. The van der Waals surface area contributed by atoms with E-state index in [1.54, 1.807) is 7.11 Å². The first-order chi connectivity index (χ1) is 7.24. The van der Waals surface area contributed by atoms with Gasteiger partial charge < -0.3 is 4.74 Å². The van der Waals surface area contributed by atoms with E-state index in [4.69, 9.17) is 4.74 Å². The summed E-state index contributed by atoms with van der Waals surface area (Å²) >= 11 is 0. The highest BCUT2D eigenvalue weighted by Crippen LogP contribution is 2.15. The standard InChI is InChI=1S/C11H15N3O/c1-4-10-7-14-6-9(8(2)15-3)5-12-11(14)13-10/h5-8H,4H2,1-3H3. The SMILES string of the molecule is CCc1cn2cc(C(C)OC)cnc2n1. The summed E-state index contributed by atoms with van der Waals surface area (Å²) in [4.78, 5) is 8.66. The number of nitrogens with zero attached hydrogens (tertiary/aromatic N) is 3. The third-order valence-electron chi connectivity index (χ3n) is 2.57. The fourth-order valence-electron chi connectivity index (χ4n) is 1.47. The Morgan fingerprint density at radius 3 is 2.93 bits per heavy atom. The smallest absolute Gasteiger partial charge is 0.233 e. The van der Waals surface area contributed by atoms with E-state index < -0.39 is 0 Å². The maximum absolute atomic E-state index is 5.24. The van der Waals surface area contributed by atoms with Crippen LogP contribution in [0.3, 0.4) is 0 Å². The summed E-state index contributed by atoms with van der Waals surface area (Å²) in [5.74, 6) is 0.749. The molecular formula is C11H15N3O. The van der Waals surface area contributed by atoms with Crippen molar-refractivity contribution in [2.24, 2.45) is 0 Å². The average molecular weight is 205 g/mol. The monoisotopic (exact) mass is 205 g/mol. The first-order valence-electron chi connectivity index (χ1n) is 5.11. The normalized spacial score (nSPS) is 13.3. The van der Waals surface area contributed by atoms with E-state index in [1.807, 2.05) is 29.9 Å². The number of hydrogen-bond donors (Lipinski definition) is 0. The van der Waals surface area contributed by atoms with Gasteiger partial charge in [-0.2, -0.15) is 0 Å². The van der Waals surface area contributed by atoms with Crippen LogP contribution < -0.4 is 0 Å². The van der Waals surface area contributed by atoms with Gasteiger partial charge in [0, 0.05) is 31.3 Å². The van der Waals surface area contributed by atoms with E-state index in [2.05, 4.69) is 16.9 Å². The van der Waals surface area contributed by atoms with Crippen LogP contribution in [-0.4, -0.2) is 21.5 Å². The highest BCUT2D eigenvalue weighted by atomic mass is 16.5. The second-order valence-electron chi connectivity index (χ2n) is 3.56. The molecule has 0 aliphatic carbocycles. The first-order valence-corrected chi connectivity index (χ1v) is 5.11. The molecule has 2 aromatic heterocycles. The lowest BCUT2D eigenvalue weighted by Gasteiger charge is -2.08. The molecule has 1 atom stereocenters.